The lowest BCUT2D eigenvalue weighted by molar-refractivity contribution is -0.114. The van der Waals surface area contributed by atoms with Crippen LogP contribution in [0.1, 0.15) is 34.8 Å². The molecule has 0 aromatic heterocycles. The van der Waals surface area contributed by atoms with Crippen LogP contribution in [-0.2, 0) is 22.2 Å². The van der Waals surface area contributed by atoms with Crippen LogP contribution in [0.25, 0.3) is 26.8 Å². The van der Waals surface area contributed by atoms with E-state index >= 15 is 0 Å². The first kappa shape index (κ1) is 20.9. The van der Waals surface area contributed by atoms with Gasteiger partial charge in [-0.15, -0.1) is 0 Å². The topological polar surface area (TPSA) is 55.4 Å². The van der Waals surface area contributed by atoms with E-state index in [2.05, 4.69) is 66.2 Å². The van der Waals surface area contributed by atoms with Crippen molar-refractivity contribution < 1.29 is 13.7 Å². The minimum absolute atomic E-state index is 0.0133. The van der Waals surface area contributed by atoms with Crippen molar-refractivity contribution in [2.75, 3.05) is 0 Å². The fourth-order valence-corrected chi connectivity index (χ4v) is 5.99. The van der Waals surface area contributed by atoms with Gasteiger partial charge >= 0.3 is 0 Å². The Morgan fingerprint density at radius 3 is 2.44 bits per heavy atom. The Labute approximate surface area is 200 Å². The zero-order chi connectivity index (χ0) is 23.2. The first-order chi connectivity index (χ1) is 16.6. The lowest BCUT2D eigenvalue weighted by Gasteiger charge is -2.17. The average Bonchev–Trinajstić information content (AvgIpc) is 3.42. The Kier molecular flexibility index (Phi) is 5.07. The molecular formula is C29H23NO3S. The number of nitrogens with one attached hydrogen (secondary N) is 1. The lowest BCUT2D eigenvalue weighted by atomic mass is 9.91. The molecule has 6 rings (SSSR count). The molecule has 4 aromatic rings. The van der Waals surface area contributed by atoms with Gasteiger partial charge in [0.15, 0.2) is 11.0 Å². The van der Waals surface area contributed by atoms with Crippen LogP contribution < -0.4 is 9.46 Å². The number of amides is 1. The van der Waals surface area contributed by atoms with Crippen LogP contribution in [0.4, 0.5) is 0 Å². The van der Waals surface area contributed by atoms with Crippen LogP contribution in [0.15, 0.2) is 84.9 Å². The predicted octanol–water partition coefficient (Wildman–Crippen LogP) is 6.02. The quantitative estimate of drug-likeness (QED) is 0.401. The molecule has 2 atom stereocenters. The Morgan fingerprint density at radius 1 is 0.882 bits per heavy atom. The maximum absolute atomic E-state index is 12.0. The van der Waals surface area contributed by atoms with E-state index in [-0.39, 0.29) is 12.0 Å². The van der Waals surface area contributed by atoms with E-state index < -0.39 is 11.0 Å². The maximum Gasteiger partial charge on any atom is 0.257 e. The number of hydrogen-bond donors (Lipinski definition) is 1. The standard InChI is InChI=1S/C29H23NO3S/c1-18-9-14-24(22-6-3-2-5-21(18)22)23-7-4-8-26-25(23)15-16-27(26)33-20-12-10-19(11-13-20)28-17-29(31)30-34(28)32/h2-14,17,27H,15-16H2,1H3,(H,30,31)/t27-,34?/m1/s1. The van der Waals surface area contributed by atoms with E-state index in [1.807, 2.05) is 24.3 Å². The highest BCUT2D eigenvalue weighted by molar-refractivity contribution is 7.93. The van der Waals surface area contributed by atoms with Gasteiger partial charge in [-0.05, 0) is 76.1 Å². The van der Waals surface area contributed by atoms with E-state index in [0.29, 0.717) is 4.91 Å². The number of aryl methyl sites for hydroxylation is 1. The Morgan fingerprint density at radius 2 is 1.68 bits per heavy atom. The van der Waals surface area contributed by atoms with Crippen LogP contribution in [0.5, 0.6) is 5.75 Å². The summed E-state index contributed by atoms with van der Waals surface area (Å²) in [6.07, 6.45) is 3.26. The summed E-state index contributed by atoms with van der Waals surface area (Å²) in [5.74, 6) is 0.435. The Hall–Kier alpha value is -3.70. The largest absolute Gasteiger partial charge is 0.486 e. The molecule has 1 unspecified atom stereocenters. The molecule has 1 heterocycles. The summed E-state index contributed by atoms with van der Waals surface area (Å²) >= 11 is 0. The van der Waals surface area contributed by atoms with E-state index in [0.717, 1.165) is 24.2 Å². The van der Waals surface area contributed by atoms with Crippen molar-refractivity contribution in [1.82, 2.24) is 4.72 Å². The van der Waals surface area contributed by atoms with E-state index in [1.165, 1.54) is 44.7 Å². The number of rotatable bonds is 4. The molecule has 0 saturated heterocycles. The van der Waals surface area contributed by atoms with Crippen molar-refractivity contribution in [1.29, 1.82) is 0 Å². The number of hydrogen-bond acceptors (Lipinski definition) is 3. The van der Waals surface area contributed by atoms with Gasteiger partial charge in [0.1, 0.15) is 11.9 Å². The molecule has 2 aliphatic rings. The molecule has 0 bridgehead atoms. The Bertz CT molecular complexity index is 1500. The third-order valence-electron chi connectivity index (χ3n) is 6.72. The van der Waals surface area contributed by atoms with Gasteiger partial charge in [-0.2, -0.15) is 0 Å². The van der Waals surface area contributed by atoms with Crippen molar-refractivity contribution in [3.05, 3.63) is 107 Å². The molecule has 1 aliphatic carbocycles. The monoisotopic (exact) mass is 465 g/mol. The second kappa shape index (κ2) is 8.26. The van der Waals surface area contributed by atoms with Gasteiger partial charge in [0.2, 0.25) is 0 Å². The van der Waals surface area contributed by atoms with Gasteiger partial charge in [0, 0.05) is 6.08 Å². The molecule has 0 radical (unpaired) electrons. The summed E-state index contributed by atoms with van der Waals surface area (Å²) in [4.78, 5) is 12.0. The summed E-state index contributed by atoms with van der Waals surface area (Å²) in [6, 6.07) is 27.0. The first-order valence-electron chi connectivity index (χ1n) is 11.4. The normalized spacial score (nSPS) is 19.1. The van der Waals surface area contributed by atoms with Gasteiger partial charge in [-0.3, -0.25) is 9.52 Å². The number of benzene rings is 4. The predicted molar refractivity (Wildman–Crippen MR) is 137 cm³/mol. The van der Waals surface area contributed by atoms with Crippen LogP contribution >= 0.6 is 0 Å². The molecule has 4 aromatic carbocycles. The minimum Gasteiger partial charge on any atom is -0.486 e. The van der Waals surface area contributed by atoms with Crippen LogP contribution in [0, 0.1) is 6.92 Å². The number of carbonyl (C=O) groups excluding carboxylic acids is 1. The summed E-state index contributed by atoms with van der Waals surface area (Å²) < 4.78 is 20.8. The van der Waals surface area contributed by atoms with Gasteiger partial charge in [0.25, 0.3) is 5.91 Å². The molecule has 0 spiro atoms. The zero-order valence-electron chi connectivity index (χ0n) is 18.7. The van der Waals surface area contributed by atoms with Gasteiger partial charge in [-0.1, -0.05) is 66.7 Å². The molecular weight excluding hydrogens is 442 g/mol. The first-order valence-corrected chi connectivity index (χ1v) is 12.5. The molecule has 34 heavy (non-hydrogen) atoms. The molecule has 0 saturated carbocycles. The van der Waals surface area contributed by atoms with E-state index in [4.69, 9.17) is 4.74 Å². The van der Waals surface area contributed by atoms with Crippen molar-refractivity contribution in [2.24, 2.45) is 0 Å². The van der Waals surface area contributed by atoms with Gasteiger partial charge in [0.05, 0.1) is 4.91 Å². The number of fused-ring (bicyclic) bond motifs is 2. The van der Waals surface area contributed by atoms with Gasteiger partial charge in [-0.25, -0.2) is 4.21 Å². The van der Waals surface area contributed by atoms with Crippen molar-refractivity contribution in [3.8, 4) is 16.9 Å². The van der Waals surface area contributed by atoms with Crippen LogP contribution in [0.3, 0.4) is 0 Å². The highest BCUT2D eigenvalue weighted by Crippen LogP contribution is 2.42. The molecule has 1 amide bonds. The van der Waals surface area contributed by atoms with Gasteiger partial charge < -0.3 is 4.74 Å². The van der Waals surface area contributed by atoms with Crippen LogP contribution in [0.2, 0.25) is 0 Å². The summed E-state index contributed by atoms with van der Waals surface area (Å²) in [5.41, 5.74) is 7.18. The minimum atomic E-state index is -1.49. The maximum atomic E-state index is 12.0. The fraction of sp³-hybridized carbons (Fsp3) is 0.138. The number of ether oxygens (including phenoxy) is 1. The van der Waals surface area contributed by atoms with Crippen molar-refractivity contribution >= 4 is 32.6 Å². The molecule has 0 fully saturated rings. The van der Waals surface area contributed by atoms with E-state index in [1.54, 1.807) is 0 Å². The third-order valence-corrected chi connectivity index (χ3v) is 7.86. The summed E-state index contributed by atoms with van der Waals surface area (Å²) in [5, 5.41) is 2.57. The Balaban J connectivity index is 1.30. The fourth-order valence-electron chi connectivity index (χ4n) is 5.08. The summed E-state index contributed by atoms with van der Waals surface area (Å²) in [6.45, 7) is 2.16. The smallest absolute Gasteiger partial charge is 0.257 e. The van der Waals surface area contributed by atoms with Crippen LogP contribution in [-0.4, -0.2) is 10.1 Å². The molecule has 1 aliphatic heterocycles. The number of carbonyl (C=O) groups is 1. The average molecular weight is 466 g/mol. The highest BCUT2D eigenvalue weighted by atomic mass is 32.2. The SMILES string of the molecule is Cc1ccc(-c2cccc3c2CC[C@H]3Oc2ccc(C3=CC(=O)NS3=O)cc2)c2ccccc12. The van der Waals surface area contributed by atoms with E-state index in [9.17, 15) is 9.00 Å². The molecule has 4 nitrogen and oxygen atoms in total. The van der Waals surface area contributed by atoms with Crippen molar-refractivity contribution in [2.45, 2.75) is 25.9 Å². The van der Waals surface area contributed by atoms with Crippen molar-refractivity contribution in [3.63, 3.8) is 0 Å². The lowest BCUT2D eigenvalue weighted by Crippen LogP contribution is -2.16. The molecule has 168 valence electrons. The molecule has 5 heteroatoms. The second-order valence-electron chi connectivity index (χ2n) is 8.76. The third kappa shape index (κ3) is 3.53. The highest BCUT2D eigenvalue weighted by Gasteiger charge is 2.27. The molecule has 1 N–H and O–H groups in total. The second-order valence-corrected chi connectivity index (χ2v) is 9.94. The summed E-state index contributed by atoms with van der Waals surface area (Å²) in [7, 11) is -1.49. The zero-order valence-corrected chi connectivity index (χ0v) is 19.5.